The molecule has 98 valence electrons. The van der Waals surface area contributed by atoms with Crippen LogP contribution in [0, 0.1) is 10.1 Å². The van der Waals surface area contributed by atoms with Crippen LogP contribution in [0.1, 0.15) is 0 Å². The predicted octanol–water partition coefficient (Wildman–Crippen LogP) is 4.46. The van der Waals surface area contributed by atoms with Gasteiger partial charge in [-0.05, 0) is 24.3 Å². The lowest BCUT2D eigenvalue weighted by Crippen LogP contribution is -1.93. The van der Waals surface area contributed by atoms with Crippen molar-refractivity contribution in [2.45, 2.75) is 0 Å². The highest BCUT2D eigenvalue weighted by atomic mass is 35.5. The van der Waals surface area contributed by atoms with Gasteiger partial charge >= 0.3 is 0 Å². The van der Waals surface area contributed by atoms with E-state index < -0.39 is 4.92 Å². The molecule has 0 aliphatic carbocycles. The lowest BCUT2D eigenvalue weighted by Gasteiger charge is -2.05. The molecule has 3 aromatic rings. The Bertz CT molecular complexity index is 818. The van der Waals surface area contributed by atoms with Gasteiger partial charge in [0, 0.05) is 16.7 Å². The Morgan fingerprint density at radius 1 is 1.05 bits per heavy atom. The zero-order valence-corrected chi connectivity index (χ0v) is 11.0. The largest absolute Gasteiger partial charge is 0.280 e. The highest BCUT2D eigenvalue weighted by Gasteiger charge is 2.15. The Kier molecular flexibility index (Phi) is 3.08. The minimum atomic E-state index is -0.391. The van der Waals surface area contributed by atoms with Crippen molar-refractivity contribution in [2.24, 2.45) is 0 Å². The fourth-order valence-corrected chi connectivity index (χ4v) is 2.29. The summed E-state index contributed by atoms with van der Waals surface area (Å²) in [5.74, 6) is 0. The van der Waals surface area contributed by atoms with Gasteiger partial charge in [0.05, 0.1) is 21.5 Å². The maximum atomic E-state index is 11.2. The molecule has 2 aromatic carbocycles. The molecule has 3 rings (SSSR count). The molecule has 0 unspecified atom stereocenters. The maximum Gasteiger partial charge on any atom is 0.280 e. The Hall–Kier alpha value is -2.46. The van der Waals surface area contributed by atoms with Crippen molar-refractivity contribution in [3.05, 3.63) is 69.7 Å². The minimum absolute atomic E-state index is 0.0468. The van der Waals surface area contributed by atoms with Gasteiger partial charge < -0.3 is 0 Å². The average Bonchev–Trinajstić information content (AvgIpc) is 2.46. The molecule has 0 atom stereocenters. The average molecular weight is 285 g/mol. The first kappa shape index (κ1) is 12.6. The topological polar surface area (TPSA) is 56.0 Å². The van der Waals surface area contributed by atoms with Crippen molar-refractivity contribution in [3.63, 3.8) is 0 Å². The van der Waals surface area contributed by atoms with E-state index in [0.717, 1.165) is 5.56 Å². The Morgan fingerprint density at radius 3 is 2.60 bits per heavy atom. The predicted molar refractivity (Wildman–Crippen MR) is 78.8 cm³/mol. The first-order valence-electron chi connectivity index (χ1n) is 5.95. The highest BCUT2D eigenvalue weighted by molar-refractivity contribution is 6.30. The summed E-state index contributed by atoms with van der Waals surface area (Å²) < 4.78 is 0. The SMILES string of the molecule is O=[N+]([O-])c1cc(-c2cccc(Cl)c2)nc2ccccc12. The van der Waals surface area contributed by atoms with E-state index in [-0.39, 0.29) is 5.69 Å². The van der Waals surface area contributed by atoms with Crippen molar-refractivity contribution in [3.8, 4) is 11.3 Å². The van der Waals surface area contributed by atoms with E-state index in [2.05, 4.69) is 4.98 Å². The van der Waals surface area contributed by atoms with Crippen LogP contribution < -0.4 is 0 Å². The third-order valence-electron chi connectivity index (χ3n) is 3.01. The number of hydrogen-bond donors (Lipinski definition) is 0. The monoisotopic (exact) mass is 284 g/mol. The van der Waals surface area contributed by atoms with Crippen molar-refractivity contribution < 1.29 is 4.92 Å². The number of nitro groups is 1. The molecule has 0 saturated carbocycles. The van der Waals surface area contributed by atoms with Crippen LogP contribution in [-0.4, -0.2) is 9.91 Å². The molecule has 0 bridgehead atoms. The standard InChI is InChI=1S/C15H9ClN2O2/c16-11-5-3-4-10(8-11)14-9-15(18(19)20)12-6-1-2-7-13(12)17-14/h1-9H. The second-order valence-corrected chi connectivity index (χ2v) is 4.75. The lowest BCUT2D eigenvalue weighted by atomic mass is 10.1. The van der Waals surface area contributed by atoms with Crippen LogP contribution in [0.2, 0.25) is 5.02 Å². The summed E-state index contributed by atoms with van der Waals surface area (Å²) >= 11 is 5.95. The molecule has 1 aromatic heterocycles. The van der Waals surface area contributed by atoms with Gasteiger partial charge in [-0.15, -0.1) is 0 Å². The summed E-state index contributed by atoms with van der Waals surface area (Å²) in [5.41, 5.74) is 1.94. The molecule has 4 nitrogen and oxygen atoms in total. The zero-order chi connectivity index (χ0) is 14.1. The molecule has 0 saturated heterocycles. The molecule has 0 aliphatic rings. The molecule has 20 heavy (non-hydrogen) atoms. The molecule has 5 heteroatoms. The van der Waals surface area contributed by atoms with Crippen molar-refractivity contribution in [1.82, 2.24) is 4.98 Å². The Labute approximate surface area is 119 Å². The van der Waals surface area contributed by atoms with Gasteiger partial charge in [-0.1, -0.05) is 35.9 Å². The molecule has 0 N–H and O–H groups in total. The smallest absolute Gasteiger partial charge is 0.258 e. The van der Waals surface area contributed by atoms with E-state index >= 15 is 0 Å². The first-order valence-corrected chi connectivity index (χ1v) is 6.33. The van der Waals surface area contributed by atoms with E-state index in [1.165, 1.54) is 6.07 Å². The van der Waals surface area contributed by atoms with Crippen LogP contribution in [0.15, 0.2) is 54.6 Å². The Morgan fingerprint density at radius 2 is 1.85 bits per heavy atom. The number of rotatable bonds is 2. The normalized spacial score (nSPS) is 10.7. The minimum Gasteiger partial charge on any atom is -0.258 e. The molecule has 0 radical (unpaired) electrons. The second kappa shape index (κ2) is 4.90. The van der Waals surface area contributed by atoms with Crippen molar-refractivity contribution >= 4 is 28.2 Å². The van der Waals surface area contributed by atoms with Gasteiger partial charge in [0.1, 0.15) is 0 Å². The van der Waals surface area contributed by atoms with Crippen LogP contribution in [-0.2, 0) is 0 Å². The zero-order valence-electron chi connectivity index (χ0n) is 10.3. The molecular formula is C15H9ClN2O2. The molecule has 1 heterocycles. The number of benzene rings is 2. The summed E-state index contributed by atoms with van der Waals surface area (Å²) in [4.78, 5) is 15.3. The number of hydrogen-bond acceptors (Lipinski definition) is 3. The fourth-order valence-electron chi connectivity index (χ4n) is 2.10. The number of aromatic nitrogens is 1. The van der Waals surface area contributed by atoms with Crippen LogP contribution in [0.25, 0.3) is 22.2 Å². The van der Waals surface area contributed by atoms with Gasteiger partial charge in [0.2, 0.25) is 0 Å². The summed E-state index contributed by atoms with van der Waals surface area (Å²) in [6.07, 6.45) is 0. The summed E-state index contributed by atoms with van der Waals surface area (Å²) in [5, 5.41) is 12.3. The van der Waals surface area contributed by atoms with Crippen LogP contribution in [0.5, 0.6) is 0 Å². The van der Waals surface area contributed by atoms with Crippen molar-refractivity contribution in [2.75, 3.05) is 0 Å². The number of para-hydroxylation sites is 1. The Balaban J connectivity index is 2.30. The van der Waals surface area contributed by atoms with E-state index in [0.29, 0.717) is 21.6 Å². The maximum absolute atomic E-state index is 11.2. The van der Waals surface area contributed by atoms with Crippen molar-refractivity contribution in [1.29, 1.82) is 0 Å². The molecule has 0 amide bonds. The number of nitrogens with zero attached hydrogens (tertiary/aromatic N) is 2. The van der Waals surface area contributed by atoms with Crippen LogP contribution in [0.4, 0.5) is 5.69 Å². The van der Waals surface area contributed by atoms with Gasteiger partial charge in [0.15, 0.2) is 0 Å². The molecular weight excluding hydrogens is 276 g/mol. The number of halogens is 1. The van der Waals surface area contributed by atoms with E-state index in [9.17, 15) is 10.1 Å². The fraction of sp³-hybridized carbons (Fsp3) is 0. The number of fused-ring (bicyclic) bond motifs is 1. The van der Waals surface area contributed by atoms with Crippen LogP contribution in [0.3, 0.4) is 0 Å². The van der Waals surface area contributed by atoms with Gasteiger partial charge in [-0.3, -0.25) is 10.1 Å². The van der Waals surface area contributed by atoms with E-state index in [4.69, 9.17) is 11.6 Å². The molecule has 0 aliphatic heterocycles. The van der Waals surface area contributed by atoms with Gasteiger partial charge in [-0.25, -0.2) is 4.98 Å². The quantitative estimate of drug-likeness (QED) is 0.515. The van der Waals surface area contributed by atoms with Crippen LogP contribution >= 0.6 is 11.6 Å². The summed E-state index contributed by atoms with van der Waals surface area (Å²) in [6.45, 7) is 0. The first-order chi connectivity index (χ1) is 9.65. The highest BCUT2D eigenvalue weighted by Crippen LogP contribution is 2.30. The molecule has 0 fully saturated rings. The summed E-state index contributed by atoms with van der Waals surface area (Å²) in [7, 11) is 0. The number of pyridine rings is 1. The van der Waals surface area contributed by atoms with Gasteiger partial charge in [-0.2, -0.15) is 0 Å². The summed E-state index contributed by atoms with van der Waals surface area (Å²) in [6, 6.07) is 15.6. The third-order valence-corrected chi connectivity index (χ3v) is 3.25. The van der Waals surface area contributed by atoms with E-state index in [1.54, 1.807) is 42.5 Å². The molecule has 0 spiro atoms. The lowest BCUT2D eigenvalue weighted by molar-refractivity contribution is -0.383. The second-order valence-electron chi connectivity index (χ2n) is 4.31. The van der Waals surface area contributed by atoms with E-state index in [1.807, 2.05) is 6.07 Å². The third kappa shape index (κ3) is 2.21. The van der Waals surface area contributed by atoms with Gasteiger partial charge in [0.25, 0.3) is 5.69 Å².